The highest BCUT2D eigenvalue weighted by atomic mass is 35.5. The largest absolute Gasteiger partial charge is 0.385 e. The molecule has 2 fully saturated rings. The number of hydrogen-bond acceptors (Lipinski definition) is 2. The van der Waals surface area contributed by atoms with E-state index >= 15 is 0 Å². The summed E-state index contributed by atoms with van der Waals surface area (Å²) in [7, 11) is 0. The molecule has 2 aliphatic rings. The van der Waals surface area contributed by atoms with Crippen molar-refractivity contribution in [3.8, 4) is 0 Å². The van der Waals surface area contributed by atoms with Gasteiger partial charge in [-0.1, -0.05) is 23.7 Å². The number of nitrogens with zero attached hydrogens (tertiary/aromatic N) is 1. The molecule has 2 nitrogen and oxygen atoms in total. The van der Waals surface area contributed by atoms with Crippen molar-refractivity contribution in [3.05, 3.63) is 34.9 Å². The molecule has 0 aliphatic carbocycles. The molecule has 0 saturated carbocycles. The second kappa shape index (κ2) is 3.73. The van der Waals surface area contributed by atoms with Gasteiger partial charge in [-0.25, -0.2) is 0 Å². The van der Waals surface area contributed by atoms with Gasteiger partial charge in [0.25, 0.3) is 0 Å². The van der Waals surface area contributed by atoms with Crippen molar-refractivity contribution in [3.63, 3.8) is 0 Å². The molecule has 3 heteroatoms. The Morgan fingerprint density at radius 2 is 2.25 bits per heavy atom. The smallest absolute Gasteiger partial charge is 0.0949 e. The van der Waals surface area contributed by atoms with E-state index in [4.69, 9.17) is 11.6 Å². The molecule has 1 aromatic carbocycles. The number of rotatable bonds is 1. The molecule has 0 amide bonds. The summed E-state index contributed by atoms with van der Waals surface area (Å²) in [5.41, 5.74) is 0.337. The summed E-state index contributed by atoms with van der Waals surface area (Å²) < 4.78 is 0. The summed E-state index contributed by atoms with van der Waals surface area (Å²) in [4.78, 5) is 2.43. The van der Waals surface area contributed by atoms with E-state index in [0.29, 0.717) is 10.9 Å². The van der Waals surface area contributed by atoms with Crippen LogP contribution >= 0.6 is 11.6 Å². The van der Waals surface area contributed by atoms with E-state index in [2.05, 4.69) is 4.90 Å². The monoisotopic (exact) mass is 237 g/mol. The molecule has 16 heavy (non-hydrogen) atoms. The first-order chi connectivity index (χ1) is 7.68. The lowest BCUT2D eigenvalue weighted by molar-refractivity contribution is -0.0502. The van der Waals surface area contributed by atoms with Crippen molar-refractivity contribution in [2.45, 2.75) is 18.4 Å². The number of piperidine rings is 1. The van der Waals surface area contributed by atoms with Crippen LogP contribution in [-0.4, -0.2) is 29.6 Å². The van der Waals surface area contributed by atoms with Gasteiger partial charge in [0, 0.05) is 24.0 Å². The van der Waals surface area contributed by atoms with Crippen LogP contribution < -0.4 is 0 Å². The van der Waals surface area contributed by atoms with Gasteiger partial charge in [0.1, 0.15) is 0 Å². The maximum Gasteiger partial charge on any atom is 0.0949 e. The Hall–Kier alpha value is -0.570. The van der Waals surface area contributed by atoms with Crippen LogP contribution in [0.15, 0.2) is 24.3 Å². The van der Waals surface area contributed by atoms with Gasteiger partial charge in [-0.3, -0.25) is 0 Å². The molecule has 1 aromatic rings. The minimum atomic E-state index is -0.655. The van der Waals surface area contributed by atoms with Crippen LogP contribution in [0.4, 0.5) is 0 Å². The lowest BCUT2D eigenvalue weighted by atomic mass is 9.77. The third kappa shape index (κ3) is 1.56. The van der Waals surface area contributed by atoms with Crippen molar-refractivity contribution >= 4 is 11.6 Å². The number of hydrogen-bond donors (Lipinski definition) is 1. The zero-order chi connectivity index (χ0) is 11.2. The standard InChI is InChI=1S/C13H16ClNO/c14-12-3-1-2-10(8-12)13(16)5-7-15-6-4-11(13)9-15/h1-3,8,11,16H,4-7,9H2. The van der Waals surface area contributed by atoms with Gasteiger partial charge in [-0.2, -0.15) is 0 Å². The second-order valence-corrected chi connectivity index (χ2v) is 5.41. The summed E-state index contributed by atoms with van der Waals surface area (Å²) in [5.74, 6) is 0.375. The van der Waals surface area contributed by atoms with Gasteiger partial charge in [0.05, 0.1) is 5.60 Å². The first kappa shape index (κ1) is 10.6. The molecule has 0 spiro atoms. The highest BCUT2D eigenvalue weighted by molar-refractivity contribution is 6.30. The summed E-state index contributed by atoms with van der Waals surface area (Å²) in [5, 5.41) is 11.6. The molecule has 2 bridgehead atoms. The molecular weight excluding hydrogens is 222 g/mol. The number of fused-ring (bicyclic) bond motifs is 2. The second-order valence-electron chi connectivity index (χ2n) is 4.97. The van der Waals surface area contributed by atoms with Crippen LogP contribution in [0.2, 0.25) is 5.02 Å². The molecule has 86 valence electrons. The Balaban J connectivity index is 1.98. The number of aliphatic hydroxyl groups is 1. The van der Waals surface area contributed by atoms with Gasteiger partial charge in [0.2, 0.25) is 0 Å². The quantitative estimate of drug-likeness (QED) is 0.810. The summed E-state index contributed by atoms with van der Waals surface area (Å²) in [6.07, 6.45) is 1.93. The van der Waals surface area contributed by atoms with E-state index in [1.165, 1.54) is 0 Å². The average molecular weight is 238 g/mol. The van der Waals surface area contributed by atoms with Gasteiger partial charge < -0.3 is 10.0 Å². The SMILES string of the molecule is OC1(c2cccc(Cl)c2)CCN2CCC1C2. The third-order valence-electron chi connectivity index (χ3n) is 4.08. The van der Waals surface area contributed by atoms with E-state index in [0.717, 1.165) is 38.0 Å². The minimum absolute atomic E-state index is 0.375. The third-order valence-corrected chi connectivity index (χ3v) is 4.32. The van der Waals surface area contributed by atoms with E-state index in [9.17, 15) is 5.11 Å². The molecule has 0 aromatic heterocycles. The zero-order valence-corrected chi connectivity index (χ0v) is 9.95. The Morgan fingerprint density at radius 3 is 3.06 bits per heavy atom. The number of benzene rings is 1. The van der Waals surface area contributed by atoms with Crippen LogP contribution in [0, 0.1) is 5.92 Å². The first-order valence-corrected chi connectivity index (χ1v) is 6.27. The van der Waals surface area contributed by atoms with Crippen molar-refractivity contribution in [2.24, 2.45) is 5.92 Å². The fraction of sp³-hybridized carbons (Fsp3) is 0.538. The van der Waals surface area contributed by atoms with E-state index in [1.54, 1.807) is 0 Å². The molecule has 0 radical (unpaired) electrons. The van der Waals surface area contributed by atoms with E-state index in [1.807, 2.05) is 24.3 Å². The van der Waals surface area contributed by atoms with Crippen molar-refractivity contribution in [1.82, 2.24) is 4.90 Å². The van der Waals surface area contributed by atoms with Crippen LogP contribution in [0.25, 0.3) is 0 Å². The molecular formula is C13H16ClNO. The van der Waals surface area contributed by atoms with Crippen molar-refractivity contribution in [1.29, 1.82) is 0 Å². The minimum Gasteiger partial charge on any atom is -0.385 e. The lowest BCUT2D eigenvalue weighted by Crippen LogP contribution is -2.44. The Morgan fingerprint density at radius 1 is 1.38 bits per heavy atom. The Bertz CT molecular complexity index is 409. The Labute approximate surface area is 101 Å². The highest BCUT2D eigenvalue weighted by Crippen LogP contribution is 2.43. The molecule has 2 aliphatic heterocycles. The van der Waals surface area contributed by atoms with Crippen molar-refractivity contribution < 1.29 is 5.11 Å². The maximum absolute atomic E-state index is 10.9. The molecule has 2 heterocycles. The van der Waals surface area contributed by atoms with E-state index in [-0.39, 0.29) is 0 Å². The summed E-state index contributed by atoms with van der Waals surface area (Å²) in [6.45, 7) is 3.16. The molecule has 1 N–H and O–H groups in total. The molecule has 3 rings (SSSR count). The van der Waals surface area contributed by atoms with Crippen molar-refractivity contribution in [2.75, 3.05) is 19.6 Å². The lowest BCUT2D eigenvalue weighted by Gasteiger charge is -2.39. The maximum atomic E-state index is 10.9. The molecule has 3 unspecified atom stereocenters. The fourth-order valence-electron chi connectivity index (χ4n) is 3.10. The Kier molecular flexibility index (Phi) is 2.46. The van der Waals surface area contributed by atoms with Crippen LogP contribution in [-0.2, 0) is 5.60 Å². The predicted octanol–water partition coefficient (Wildman–Crippen LogP) is 2.25. The predicted molar refractivity (Wildman–Crippen MR) is 64.5 cm³/mol. The van der Waals surface area contributed by atoms with Gasteiger partial charge in [0.15, 0.2) is 0 Å². The van der Waals surface area contributed by atoms with Gasteiger partial charge in [-0.05, 0) is 37.1 Å². The average Bonchev–Trinajstić information content (AvgIpc) is 2.69. The summed E-state index contributed by atoms with van der Waals surface area (Å²) in [6, 6.07) is 7.70. The first-order valence-electron chi connectivity index (χ1n) is 5.89. The van der Waals surface area contributed by atoms with Crippen LogP contribution in [0.5, 0.6) is 0 Å². The molecule has 3 atom stereocenters. The fourth-order valence-corrected chi connectivity index (χ4v) is 3.29. The zero-order valence-electron chi connectivity index (χ0n) is 9.19. The van der Waals surface area contributed by atoms with Gasteiger partial charge in [-0.15, -0.1) is 0 Å². The van der Waals surface area contributed by atoms with Crippen LogP contribution in [0.1, 0.15) is 18.4 Å². The normalized spacial score (nSPS) is 37.6. The number of halogens is 1. The van der Waals surface area contributed by atoms with E-state index < -0.39 is 5.60 Å². The van der Waals surface area contributed by atoms with Crippen LogP contribution in [0.3, 0.4) is 0 Å². The molecule has 2 saturated heterocycles. The topological polar surface area (TPSA) is 23.5 Å². The highest BCUT2D eigenvalue weighted by Gasteiger charge is 2.45. The van der Waals surface area contributed by atoms with Gasteiger partial charge >= 0.3 is 0 Å². The summed E-state index contributed by atoms with van der Waals surface area (Å²) >= 11 is 6.01.